The quantitative estimate of drug-likeness (QED) is 0.445. The maximum atomic E-state index is 12.5. The minimum atomic E-state index is -1.05. The van der Waals surface area contributed by atoms with Gasteiger partial charge in [0.05, 0.1) is 0 Å². The molecule has 34 heavy (non-hydrogen) atoms. The van der Waals surface area contributed by atoms with Gasteiger partial charge in [-0.05, 0) is 41.0 Å². The van der Waals surface area contributed by atoms with E-state index >= 15 is 0 Å². The van der Waals surface area contributed by atoms with Crippen LogP contribution in [0.5, 0.6) is 0 Å². The molecular formula is C27H34N2O5. The lowest BCUT2D eigenvalue weighted by Crippen LogP contribution is -2.45. The molecule has 2 aromatic carbocycles. The summed E-state index contributed by atoms with van der Waals surface area (Å²) < 4.78 is 5.56. The van der Waals surface area contributed by atoms with E-state index in [-0.39, 0.29) is 24.9 Å². The Hall–Kier alpha value is -3.35. The number of nitrogens with one attached hydrogen (secondary N) is 2. The molecule has 0 bridgehead atoms. The van der Waals surface area contributed by atoms with Gasteiger partial charge in [-0.3, -0.25) is 4.79 Å². The molecule has 7 nitrogen and oxygen atoms in total. The van der Waals surface area contributed by atoms with Crippen LogP contribution in [0, 0.1) is 5.92 Å². The molecule has 2 aromatic rings. The number of carboxylic acid groups (broad SMARTS) is 1. The maximum absolute atomic E-state index is 12.5. The molecular weight excluding hydrogens is 432 g/mol. The van der Waals surface area contributed by atoms with Gasteiger partial charge < -0.3 is 20.5 Å². The second kappa shape index (κ2) is 11.7. The molecule has 3 atom stereocenters. The van der Waals surface area contributed by atoms with Gasteiger partial charge in [-0.1, -0.05) is 75.7 Å². The first-order chi connectivity index (χ1) is 16.3. The van der Waals surface area contributed by atoms with Crippen molar-refractivity contribution in [1.82, 2.24) is 10.6 Å². The van der Waals surface area contributed by atoms with Crippen LogP contribution < -0.4 is 10.6 Å². The van der Waals surface area contributed by atoms with Crippen LogP contribution in [0.3, 0.4) is 0 Å². The minimum Gasteiger partial charge on any atom is -0.480 e. The van der Waals surface area contributed by atoms with Crippen LogP contribution in [0.4, 0.5) is 4.79 Å². The fourth-order valence-corrected chi connectivity index (χ4v) is 4.37. The number of hydrogen-bond donors (Lipinski definition) is 3. The zero-order valence-electron chi connectivity index (χ0n) is 20.0. The number of rotatable bonds is 11. The Morgan fingerprint density at radius 2 is 1.53 bits per heavy atom. The van der Waals surface area contributed by atoms with Gasteiger partial charge in [0, 0.05) is 18.4 Å². The predicted octanol–water partition coefficient (Wildman–Crippen LogP) is 4.70. The molecule has 3 N–H and O–H groups in total. The van der Waals surface area contributed by atoms with E-state index in [2.05, 4.69) is 34.9 Å². The van der Waals surface area contributed by atoms with Crippen molar-refractivity contribution in [3.05, 3.63) is 59.7 Å². The molecule has 182 valence electrons. The van der Waals surface area contributed by atoms with Gasteiger partial charge in [-0.25, -0.2) is 9.59 Å². The number of ether oxygens (including phenoxy) is 1. The monoisotopic (exact) mass is 466 g/mol. The van der Waals surface area contributed by atoms with Crippen molar-refractivity contribution in [3.63, 3.8) is 0 Å². The first-order valence-electron chi connectivity index (χ1n) is 12.0. The van der Waals surface area contributed by atoms with E-state index in [1.807, 2.05) is 45.0 Å². The summed E-state index contributed by atoms with van der Waals surface area (Å²) in [5.41, 5.74) is 4.56. The Morgan fingerprint density at radius 3 is 2.06 bits per heavy atom. The van der Waals surface area contributed by atoms with E-state index in [1.54, 1.807) is 0 Å². The van der Waals surface area contributed by atoms with Crippen molar-refractivity contribution in [3.8, 4) is 11.1 Å². The largest absolute Gasteiger partial charge is 0.480 e. The molecule has 0 spiro atoms. The van der Waals surface area contributed by atoms with Gasteiger partial charge in [0.15, 0.2) is 0 Å². The third-order valence-electron chi connectivity index (χ3n) is 6.56. The molecule has 3 rings (SSSR count). The lowest BCUT2D eigenvalue weighted by Gasteiger charge is -2.21. The van der Waals surface area contributed by atoms with Gasteiger partial charge >= 0.3 is 12.1 Å². The zero-order valence-corrected chi connectivity index (χ0v) is 20.0. The average molecular weight is 467 g/mol. The first-order valence-corrected chi connectivity index (χ1v) is 12.0. The van der Waals surface area contributed by atoms with Crippen LogP contribution in [-0.2, 0) is 14.3 Å². The number of carbonyl (C=O) groups excluding carboxylic acids is 2. The number of fused-ring (bicyclic) bond motifs is 3. The Kier molecular flexibility index (Phi) is 8.68. The number of benzene rings is 2. The fourth-order valence-electron chi connectivity index (χ4n) is 4.37. The molecule has 1 aliphatic carbocycles. The summed E-state index contributed by atoms with van der Waals surface area (Å²) >= 11 is 0. The van der Waals surface area contributed by atoms with Crippen LogP contribution in [0.25, 0.3) is 11.1 Å². The number of alkyl carbamates (subject to hydrolysis) is 1. The van der Waals surface area contributed by atoms with E-state index in [0.717, 1.165) is 28.7 Å². The van der Waals surface area contributed by atoms with Gasteiger partial charge in [0.25, 0.3) is 0 Å². The van der Waals surface area contributed by atoms with Crippen molar-refractivity contribution in [2.75, 3.05) is 6.61 Å². The van der Waals surface area contributed by atoms with E-state index in [1.165, 1.54) is 0 Å². The number of carbonyl (C=O) groups is 3. The van der Waals surface area contributed by atoms with Crippen LogP contribution in [0.15, 0.2) is 48.5 Å². The maximum Gasteiger partial charge on any atom is 0.407 e. The molecule has 0 radical (unpaired) electrons. The Labute approximate surface area is 200 Å². The predicted molar refractivity (Wildman–Crippen MR) is 131 cm³/mol. The highest BCUT2D eigenvalue weighted by Crippen LogP contribution is 2.44. The highest BCUT2D eigenvalue weighted by Gasteiger charge is 2.29. The average Bonchev–Trinajstić information content (AvgIpc) is 3.15. The van der Waals surface area contributed by atoms with Gasteiger partial charge in [-0.2, -0.15) is 0 Å². The normalized spacial score (nSPS) is 14.9. The van der Waals surface area contributed by atoms with Crippen molar-refractivity contribution in [1.29, 1.82) is 0 Å². The highest BCUT2D eigenvalue weighted by molar-refractivity contribution is 5.84. The molecule has 2 unspecified atom stereocenters. The van der Waals surface area contributed by atoms with Crippen LogP contribution in [0.2, 0.25) is 0 Å². The number of hydrogen-bond acceptors (Lipinski definition) is 4. The summed E-state index contributed by atoms with van der Waals surface area (Å²) in [4.78, 5) is 36.5. The second-order valence-electron chi connectivity index (χ2n) is 8.99. The topological polar surface area (TPSA) is 105 Å². The zero-order chi connectivity index (χ0) is 24.7. The Bertz CT molecular complexity index is 976. The van der Waals surface area contributed by atoms with Crippen molar-refractivity contribution in [2.24, 2.45) is 5.92 Å². The molecule has 0 saturated heterocycles. The highest BCUT2D eigenvalue weighted by atomic mass is 16.5. The molecule has 1 aliphatic rings. The third kappa shape index (κ3) is 6.16. The van der Waals surface area contributed by atoms with Gasteiger partial charge in [-0.15, -0.1) is 0 Å². The third-order valence-corrected chi connectivity index (χ3v) is 6.56. The molecule has 0 aliphatic heterocycles. The molecule has 2 amide bonds. The molecule has 0 saturated carbocycles. The van der Waals surface area contributed by atoms with E-state index in [9.17, 15) is 19.5 Å². The first kappa shape index (κ1) is 25.3. The Balaban J connectivity index is 1.55. The number of aliphatic carboxylic acids is 1. The van der Waals surface area contributed by atoms with Crippen LogP contribution in [0.1, 0.15) is 63.5 Å². The van der Waals surface area contributed by atoms with Crippen molar-refractivity contribution >= 4 is 18.0 Å². The molecule has 0 heterocycles. The van der Waals surface area contributed by atoms with Crippen LogP contribution in [-0.4, -0.2) is 41.8 Å². The number of amides is 2. The summed E-state index contributed by atoms with van der Waals surface area (Å²) in [6, 6.07) is 14.8. The molecule has 7 heteroatoms. The minimum absolute atomic E-state index is 0.00895. The van der Waals surface area contributed by atoms with Gasteiger partial charge in [0.1, 0.15) is 12.6 Å². The van der Waals surface area contributed by atoms with Crippen molar-refractivity contribution in [2.45, 2.75) is 64.5 Å². The lowest BCUT2D eigenvalue weighted by atomic mass is 9.98. The van der Waals surface area contributed by atoms with E-state index in [4.69, 9.17) is 4.74 Å². The SMILES string of the molecule is CCC(C)CC(NC(=O)C[C@H](CC)NC(=O)OCC1c2ccccc2-c2ccccc21)C(=O)O. The molecule has 0 fully saturated rings. The smallest absolute Gasteiger partial charge is 0.407 e. The molecule has 0 aromatic heterocycles. The number of carboxylic acids is 1. The Morgan fingerprint density at radius 1 is 0.941 bits per heavy atom. The lowest BCUT2D eigenvalue weighted by molar-refractivity contribution is -0.142. The van der Waals surface area contributed by atoms with E-state index in [0.29, 0.717) is 12.8 Å². The fraction of sp³-hybridized carbons (Fsp3) is 0.444. The standard InChI is InChI=1S/C27H34N2O5/c1-4-17(3)14-24(26(31)32)29-25(30)15-18(5-2)28-27(33)34-16-23-21-12-8-6-10-19(21)20-11-7-9-13-22(20)23/h6-13,17-18,23-24H,4-5,14-16H2,1-3H3,(H,28,33)(H,29,30)(H,31,32)/t17?,18-,24?/m0/s1. The summed E-state index contributed by atoms with van der Waals surface area (Å²) in [6.07, 6.45) is 1.12. The summed E-state index contributed by atoms with van der Waals surface area (Å²) in [5, 5.41) is 14.8. The van der Waals surface area contributed by atoms with Gasteiger partial charge in [0.2, 0.25) is 5.91 Å². The van der Waals surface area contributed by atoms with Crippen LogP contribution >= 0.6 is 0 Å². The summed E-state index contributed by atoms with van der Waals surface area (Å²) in [5.74, 6) is -1.31. The second-order valence-corrected chi connectivity index (χ2v) is 8.99. The summed E-state index contributed by atoms with van der Waals surface area (Å²) in [6.45, 7) is 5.99. The van der Waals surface area contributed by atoms with E-state index < -0.39 is 30.1 Å². The summed E-state index contributed by atoms with van der Waals surface area (Å²) in [7, 11) is 0. The van der Waals surface area contributed by atoms with Crippen molar-refractivity contribution < 1.29 is 24.2 Å².